The zero-order chi connectivity index (χ0) is 33.5. The van der Waals surface area contributed by atoms with Crippen molar-refractivity contribution in [1.29, 1.82) is 0 Å². The van der Waals surface area contributed by atoms with Crippen LogP contribution in [0.5, 0.6) is 0 Å². The summed E-state index contributed by atoms with van der Waals surface area (Å²) in [6.07, 6.45) is 0. The second-order valence-electron chi connectivity index (χ2n) is 13.4. The number of thiophene rings is 1. The van der Waals surface area contributed by atoms with Crippen LogP contribution in [0.1, 0.15) is 0 Å². The summed E-state index contributed by atoms with van der Waals surface area (Å²) in [7, 11) is 0. The lowest BCUT2D eigenvalue weighted by Crippen LogP contribution is -2.09. The highest BCUT2D eigenvalue weighted by Gasteiger charge is 2.19. The van der Waals surface area contributed by atoms with Gasteiger partial charge in [-0.25, -0.2) is 0 Å². The first-order valence-electron chi connectivity index (χ1n) is 17.4. The van der Waals surface area contributed by atoms with E-state index in [2.05, 4.69) is 191 Å². The van der Waals surface area contributed by atoms with E-state index in [1.807, 2.05) is 11.3 Å². The minimum atomic E-state index is 1.12. The molecule has 0 amide bonds. The summed E-state index contributed by atoms with van der Waals surface area (Å²) < 4.78 is 5.05. The predicted molar refractivity (Wildman–Crippen MR) is 220 cm³/mol. The fourth-order valence-electron chi connectivity index (χ4n) is 8.17. The minimum absolute atomic E-state index is 1.12. The van der Waals surface area contributed by atoms with Gasteiger partial charge in [-0.15, -0.1) is 11.3 Å². The lowest BCUT2D eigenvalue weighted by Gasteiger charge is -2.26. The van der Waals surface area contributed by atoms with Crippen molar-refractivity contribution in [2.75, 3.05) is 4.90 Å². The zero-order valence-corrected chi connectivity index (χ0v) is 28.4. The number of para-hydroxylation sites is 2. The van der Waals surface area contributed by atoms with E-state index in [0.717, 1.165) is 17.1 Å². The minimum Gasteiger partial charge on any atom is -0.310 e. The first kappa shape index (κ1) is 28.4. The molecule has 0 saturated heterocycles. The lowest BCUT2D eigenvalue weighted by atomic mass is 10.0. The van der Waals surface area contributed by atoms with Crippen molar-refractivity contribution in [3.63, 3.8) is 0 Å². The van der Waals surface area contributed by atoms with Gasteiger partial charge in [-0.05, 0) is 82.9 Å². The van der Waals surface area contributed by atoms with E-state index in [4.69, 9.17) is 0 Å². The smallest absolute Gasteiger partial charge is 0.0620 e. The quantitative estimate of drug-likeness (QED) is 0.177. The van der Waals surface area contributed by atoms with Gasteiger partial charge in [0.2, 0.25) is 0 Å². The molecule has 0 fully saturated rings. The average molecular weight is 667 g/mol. The van der Waals surface area contributed by atoms with Gasteiger partial charge in [-0.2, -0.15) is 0 Å². The van der Waals surface area contributed by atoms with Crippen LogP contribution in [-0.2, 0) is 0 Å². The Hall–Kier alpha value is -6.42. The van der Waals surface area contributed by atoms with Gasteiger partial charge in [-0.3, -0.25) is 0 Å². The maximum absolute atomic E-state index is 2.44. The van der Waals surface area contributed by atoms with Gasteiger partial charge in [-0.1, -0.05) is 121 Å². The third-order valence-electron chi connectivity index (χ3n) is 10.5. The number of fused-ring (bicyclic) bond motifs is 9. The second kappa shape index (κ2) is 11.0. The fourth-order valence-corrected chi connectivity index (χ4v) is 9.31. The molecule has 0 bridgehead atoms. The molecule has 3 heterocycles. The molecule has 8 aromatic carbocycles. The van der Waals surface area contributed by atoms with Crippen LogP contribution in [0, 0.1) is 0 Å². The fraction of sp³-hybridized carbons (Fsp3) is 0. The van der Waals surface area contributed by atoms with Gasteiger partial charge in [0, 0.05) is 58.8 Å². The van der Waals surface area contributed by atoms with E-state index in [1.165, 1.54) is 80.5 Å². The molecule has 11 aromatic rings. The Kier molecular flexibility index (Phi) is 6.16. The van der Waals surface area contributed by atoms with Crippen molar-refractivity contribution in [1.82, 2.24) is 4.40 Å². The second-order valence-corrected chi connectivity index (χ2v) is 14.4. The highest BCUT2D eigenvalue weighted by Crippen LogP contribution is 2.43. The van der Waals surface area contributed by atoms with Gasteiger partial charge in [0.1, 0.15) is 0 Å². The van der Waals surface area contributed by atoms with Crippen molar-refractivity contribution < 1.29 is 0 Å². The Labute approximate surface area is 299 Å². The van der Waals surface area contributed by atoms with Crippen LogP contribution < -0.4 is 4.90 Å². The Bertz CT molecular complexity index is 3080. The Morgan fingerprint density at radius 3 is 1.80 bits per heavy atom. The van der Waals surface area contributed by atoms with Gasteiger partial charge >= 0.3 is 0 Å². The van der Waals surface area contributed by atoms with Crippen molar-refractivity contribution >= 4 is 86.7 Å². The lowest BCUT2D eigenvalue weighted by molar-refractivity contribution is 1.29. The molecule has 11 rings (SSSR count). The monoisotopic (exact) mass is 666 g/mol. The number of aromatic nitrogens is 1. The Morgan fingerprint density at radius 2 is 0.922 bits per heavy atom. The standard InChI is InChI=1S/C48H30N2S/c1-2-10-31(11-3-1)32-20-23-35(24-21-32)49(37-25-26-40-39-15-5-7-19-46(39)51-47(40)30-37)36-13-8-12-33(28-36)34-22-27-45-43(29-34)42-17-9-16-41-38-14-4-6-18-44(38)50(45)48(41)42/h1-30H. The van der Waals surface area contributed by atoms with Gasteiger partial charge in [0.25, 0.3) is 0 Å². The Morgan fingerprint density at radius 1 is 0.333 bits per heavy atom. The average Bonchev–Trinajstić information content (AvgIpc) is 3.85. The van der Waals surface area contributed by atoms with E-state index in [0.29, 0.717) is 0 Å². The summed E-state index contributed by atoms with van der Waals surface area (Å²) in [5.74, 6) is 0. The molecular formula is C48H30N2S. The van der Waals surface area contributed by atoms with E-state index in [-0.39, 0.29) is 0 Å². The Balaban J connectivity index is 1.07. The molecule has 0 N–H and O–H groups in total. The largest absolute Gasteiger partial charge is 0.310 e. The number of hydrogen-bond donors (Lipinski definition) is 0. The first-order chi connectivity index (χ1) is 25.3. The van der Waals surface area contributed by atoms with Gasteiger partial charge in [0.05, 0.1) is 16.6 Å². The normalized spacial score (nSPS) is 11.9. The molecular weight excluding hydrogens is 637 g/mol. The molecule has 238 valence electrons. The summed E-state index contributed by atoms with van der Waals surface area (Å²) in [6.45, 7) is 0. The van der Waals surface area contributed by atoms with Crippen LogP contribution in [0.3, 0.4) is 0 Å². The predicted octanol–water partition coefficient (Wildman–Crippen LogP) is 14.0. The van der Waals surface area contributed by atoms with Crippen LogP contribution in [0.15, 0.2) is 182 Å². The molecule has 0 unspecified atom stereocenters. The summed E-state index contributed by atoms with van der Waals surface area (Å²) >= 11 is 1.86. The maximum atomic E-state index is 2.44. The summed E-state index contributed by atoms with van der Waals surface area (Å²) in [5.41, 5.74) is 12.0. The molecule has 0 saturated carbocycles. The van der Waals surface area contributed by atoms with Crippen LogP contribution in [0.2, 0.25) is 0 Å². The molecule has 0 aliphatic carbocycles. The summed E-state index contributed by atoms with van der Waals surface area (Å²) in [6, 6.07) is 66.7. The molecule has 2 nitrogen and oxygen atoms in total. The van der Waals surface area contributed by atoms with Crippen molar-refractivity contribution in [2.24, 2.45) is 0 Å². The van der Waals surface area contributed by atoms with E-state index in [9.17, 15) is 0 Å². The highest BCUT2D eigenvalue weighted by atomic mass is 32.1. The van der Waals surface area contributed by atoms with E-state index in [1.54, 1.807) is 0 Å². The number of benzene rings is 8. The molecule has 0 atom stereocenters. The van der Waals surface area contributed by atoms with Gasteiger partial charge < -0.3 is 9.30 Å². The van der Waals surface area contributed by atoms with Crippen LogP contribution in [-0.4, -0.2) is 4.40 Å². The van der Waals surface area contributed by atoms with Crippen LogP contribution in [0.4, 0.5) is 17.1 Å². The molecule has 0 spiro atoms. The molecule has 0 aliphatic heterocycles. The van der Waals surface area contributed by atoms with Crippen LogP contribution >= 0.6 is 11.3 Å². The third kappa shape index (κ3) is 4.35. The first-order valence-corrected chi connectivity index (χ1v) is 18.2. The van der Waals surface area contributed by atoms with Crippen molar-refractivity contribution in [3.8, 4) is 22.3 Å². The third-order valence-corrected chi connectivity index (χ3v) is 11.6. The summed E-state index contributed by atoms with van der Waals surface area (Å²) in [4.78, 5) is 2.40. The molecule has 0 radical (unpaired) electrons. The molecule has 3 aromatic heterocycles. The molecule has 0 aliphatic rings. The number of rotatable bonds is 5. The number of hydrogen-bond acceptors (Lipinski definition) is 2. The molecule has 51 heavy (non-hydrogen) atoms. The maximum Gasteiger partial charge on any atom is 0.0620 e. The highest BCUT2D eigenvalue weighted by molar-refractivity contribution is 7.25. The number of anilines is 3. The van der Waals surface area contributed by atoms with Crippen LogP contribution in [0.25, 0.3) is 80.5 Å². The van der Waals surface area contributed by atoms with Crippen molar-refractivity contribution in [2.45, 2.75) is 0 Å². The van der Waals surface area contributed by atoms with Gasteiger partial charge in [0.15, 0.2) is 0 Å². The topological polar surface area (TPSA) is 7.65 Å². The van der Waals surface area contributed by atoms with Crippen molar-refractivity contribution in [3.05, 3.63) is 182 Å². The SMILES string of the molecule is c1ccc(-c2ccc(N(c3cccc(-c4ccc5c(c4)c4cccc6c7ccccc7n5c64)c3)c3ccc4c(c3)sc3ccccc34)cc2)cc1. The number of nitrogens with zero attached hydrogens (tertiary/aromatic N) is 2. The van der Waals surface area contributed by atoms with E-state index >= 15 is 0 Å². The summed E-state index contributed by atoms with van der Waals surface area (Å²) in [5, 5.41) is 7.83. The van der Waals surface area contributed by atoms with E-state index < -0.39 is 0 Å². The zero-order valence-electron chi connectivity index (χ0n) is 27.6. The molecule has 3 heteroatoms.